The van der Waals surface area contributed by atoms with Crippen molar-refractivity contribution >= 4 is 17.3 Å². The van der Waals surface area contributed by atoms with E-state index >= 15 is 0 Å². The molecule has 104 valence electrons. The highest BCUT2D eigenvalue weighted by Crippen LogP contribution is 2.19. The summed E-state index contributed by atoms with van der Waals surface area (Å²) in [7, 11) is 3.91. The Bertz CT molecular complexity index is 581. The smallest absolute Gasteiger partial charge is 0.245 e. The quantitative estimate of drug-likeness (QED) is 0.896. The highest BCUT2D eigenvalue weighted by molar-refractivity contribution is 5.95. The Hall–Kier alpha value is -2.33. The molecule has 0 saturated heterocycles. The van der Waals surface area contributed by atoms with Gasteiger partial charge in [0, 0.05) is 25.5 Å². The van der Waals surface area contributed by atoms with Crippen LogP contribution in [0.1, 0.15) is 11.6 Å². The summed E-state index contributed by atoms with van der Waals surface area (Å²) in [6.07, 6.45) is 0. The Morgan fingerprint density at radius 3 is 2.45 bits per heavy atom. The Labute approximate surface area is 119 Å². The van der Waals surface area contributed by atoms with E-state index in [0.717, 1.165) is 16.9 Å². The molecule has 3 N–H and O–H groups in total. The second-order valence-corrected chi connectivity index (χ2v) is 4.82. The molecule has 0 aliphatic carbocycles. The van der Waals surface area contributed by atoms with Crippen LogP contribution in [0.5, 0.6) is 0 Å². The molecule has 0 spiro atoms. The molecular weight excluding hydrogens is 250 g/mol. The van der Waals surface area contributed by atoms with Crippen molar-refractivity contribution in [1.29, 1.82) is 0 Å². The molecule has 1 amide bonds. The molecule has 4 heteroatoms. The van der Waals surface area contributed by atoms with Crippen LogP contribution in [0, 0.1) is 0 Å². The number of anilines is 2. The lowest BCUT2D eigenvalue weighted by Gasteiger charge is -2.16. The van der Waals surface area contributed by atoms with Gasteiger partial charge in [-0.3, -0.25) is 4.79 Å². The van der Waals surface area contributed by atoms with E-state index in [1.165, 1.54) is 0 Å². The predicted octanol–water partition coefficient (Wildman–Crippen LogP) is 2.39. The fraction of sp³-hybridized carbons (Fsp3) is 0.188. The molecule has 20 heavy (non-hydrogen) atoms. The zero-order valence-electron chi connectivity index (χ0n) is 11.7. The van der Waals surface area contributed by atoms with Crippen molar-refractivity contribution in [1.82, 2.24) is 0 Å². The molecule has 2 aromatic carbocycles. The van der Waals surface area contributed by atoms with Gasteiger partial charge in [-0.05, 0) is 23.8 Å². The van der Waals surface area contributed by atoms with Crippen molar-refractivity contribution in [2.45, 2.75) is 6.04 Å². The minimum Gasteiger partial charge on any atom is -0.378 e. The number of hydrogen-bond acceptors (Lipinski definition) is 3. The summed E-state index contributed by atoms with van der Waals surface area (Å²) in [4.78, 5) is 14.1. The number of nitrogens with one attached hydrogen (secondary N) is 1. The molecule has 0 aliphatic heterocycles. The van der Waals surface area contributed by atoms with E-state index in [1.54, 1.807) is 0 Å². The molecule has 4 nitrogen and oxygen atoms in total. The maximum Gasteiger partial charge on any atom is 0.245 e. The number of nitrogens with zero attached hydrogens (tertiary/aromatic N) is 1. The standard InChI is InChI=1S/C16H19N3O/c1-19(2)14-10-6-9-13(11-14)18-16(20)15(17)12-7-4-3-5-8-12/h3-11,15H,17H2,1-2H3,(H,18,20). The molecule has 0 saturated carbocycles. The Kier molecular flexibility index (Phi) is 4.38. The fourth-order valence-electron chi connectivity index (χ4n) is 1.89. The third kappa shape index (κ3) is 3.36. The first-order valence-corrected chi connectivity index (χ1v) is 6.46. The predicted molar refractivity (Wildman–Crippen MR) is 82.8 cm³/mol. The molecule has 1 unspecified atom stereocenters. The van der Waals surface area contributed by atoms with E-state index in [2.05, 4.69) is 5.32 Å². The Morgan fingerprint density at radius 1 is 1.10 bits per heavy atom. The van der Waals surface area contributed by atoms with Gasteiger partial charge in [0.15, 0.2) is 0 Å². The summed E-state index contributed by atoms with van der Waals surface area (Å²) in [5.74, 6) is -0.216. The van der Waals surface area contributed by atoms with E-state index in [1.807, 2.05) is 73.6 Å². The summed E-state index contributed by atoms with van der Waals surface area (Å²) in [6, 6.07) is 16.3. The molecule has 1 atom stereocenters. The maximum absolute atomic E-state index is 12.1. The van der Waals surface area contributed by atoms with E-state index in [0.29, 0.717) is 0 Å². The van der Waals surface area contributed by atoms with E-state index in [9.17, 15) is 4.79 Å². The zero-order valence-corrected chi connectivity index (χ0v) is 11.7. The largest absolute Gasteiger partial charge is 0.378 e. The third-order valence-corrected chi connectivity index (χ3v) is 3.07. The first kappa shape index (κ1) is 14.1. The average Bonchev–Trinajstić information content (AvgIpc) is 2.47. The summed E-state index contributed by atoms with van der Waals surface area (Å²) in [5, 5.41) is 2.84. The zero-order chi connectivity index (χ0) is 14.5. The second kappa shape index (κ2) is 6.21. The number of carbonyl (C=O) groups is 1. The summed E-state index contributed by atoms with van der Waals surface area (Å²) in [6.45, 7) is 0. The van der Waals surface area contributed by atoms with Gasteiger partial charge in [-0.15, -0.1) is 0 Å². The lowest BCUT2D eigenvalue weighted by molar-refractivity contribution is -0.117. The lowest BCUT2D eigenvalue weighted by Crippen LogP contribution is -2.27. The van der Waals surface area contributed by atoms with Crippen LogP contribution in [0.25, 0.3) is 0 Å². The van der Waals surface area contributed by atoms with Crippen LogP contribution >= 0.6 is 0 Å². The topological polar surface area (TPSA) is 58.4 Å². The van der Waals surface area contributed by atoms with Gasteiger partial charge in [0.2, 0.25) is 5.91 Å². The molecule has 0 aromatic heterocycles. The molecule has 2 aromatic rings. The van der Waals surface area contributed by atoms with Crippen LogP contribution in [0.2, 0.25) is 0 Å². The first-order valence-electron chi connectivity index (χ1n) is 6.46. The number of carbonyl (C=O) groups excluding carboxylic acids is 1. The molecule has 2 rings (SSSR count). The van der Waals surface area contributed by atoms with Gasteiger partial charge < -0.3 is 16.0 Å². The van der Waals surface area contributed by atoms with Gasteiger partial charge in [-0.25, -0.2) is 0 Å². The first-order chi connectivity index (χ1) is 9.58. The minimum absolute atomic E-state index is 0.216. The summed E-state index contributed by atoms with van der Waals surface area (Å²) in [5.41, 5.74) is 8.53. The second-order valence-electron chi connectivity index (χ2n) is 4.82. The molecule has 0 fully saturated rings. The number of benzene rings is 2. The molecule has 0 aliphatic rings. The normalized spacial score (nSPS) is 11.8. The summed E-state index contributed by atoms with van der Waals surface area (Å²) >= 11 is 0. The molecular formula is C16H19N3O. The van der Waals surface area contributed by atoms with Gasteiger partial charge >= 0.3 is 0 Å². The van der Waals surface area contributed by atoms with Gasteiger partial charge in [0.1, 0.15) is 6.04 Å². The van der Waals surface area contributed by atoms with Crippen molar-refractivity contribution in [2.75, 3.05) is 24.3 Å². The highest BCUT2D eigenvalue weighted by Gasteiger charge is 2.15. The van der Waals surface area contributed by atoms with Crippen LogP contribution < -0.4 is 16.0 Å². The molecule has 0 bridgehead atoms. The Balaban J connectivity index is 2.10. The van der Waals surface area contributed by atoms with Crippen molar-refractivity contribution in [3.05, 3.63) is 60.2 Å². The lowest BCUT2D eigenvalue weighted by atomic mass is 10.1. The van der Waals surface area contributed by atoms with Crippen molar-refractivity contribution < 1.29 is 4.79 Å². The fourth-order valence-corrected chi connectivity index (χ4v) is 1.89. The number of rotatable bonds is 4. The van der Waals surface area contributed by atoms with Crippen LogP contribution in [0.4, 0.5) is 11.4 Å². The highest BCUT2D eigenvalue weighted by atomic mass is 16.2. The van der Waals surface area contributed by atoms with E-state index in [-0.39, 0.29) is 5.91 Å². The van der Waals surface area contributed by atoms with Gasteiger partial charge in [-0.2, -0.15) is 0 Å². The SMILES string of the molecule is CN(C)c1cccc(NC(=O)C(N)c2ccccc2)c1. The average molecular weight is 269 g/mol. The summed E-state index contributed by atoms with van der Waals surface area (Å²) < 4.78 is 0. The van der Waals surface area contributed by atoms with Crippen molar-refractivity contribution in [3.63, 3.8) is 0 Å². The minimum atomic E-state index is -0.667. The van der Waals surface area contributed by atoms with Crippen LogP contribution in [0.15, 0.2) is 54.6 Å². The molecule has 0 radical (unpaired) electrons. The van der Waals surface area contributed by atoms with Crippen LogP contribution in [0.3, 0.4) is 0 Å². The van der Waals surface area contributed by atoms with Gasteiger partial charge in [0.05, 0.1) is 0 Å². The molecule has 0 heterocycles. The van der Waals surface area contributed by atoms with Gasteiger partial charge in [0.25, 0.3) is 0 Å². The number of nitrogens with two attached hydrogens (primary N) is 1. The van der Waals surface area contributed by atoms with Crippen LogP contribution in [-0.2, 0) is 4.79 Å². The van der Waals surface area contributed by atoms with E-state index < -0.39 is 6.04 Å². The monoisotopic (exact) mass is 269 g/mol. The number of amides is 1. The third-order valence-electron chi connectivity index (χ3n) is 3.07. The van der Waals surface area contributed by atoms with Crippen molar-refractivity contribution in [3.8, 4) is 0 Å². The van der Waals surface area contributed by atoms with Gasteiger partial charge in [-0.1, -0.05) is 36.4 Å². The van der Waals surface area contributed by atoms with E-state index in [4.69, 9.17) is 5.73 Å². The van der Waals surface area contributed by atoms with Crippen LogP contribution in [-0.4, -0.2) is 20.0 Å². The number of hydrogen-bond donors (Lipinski definition) is 2. The Morgan fingerprint density at radius 2 is 1.80 bits per heavy atom. The van der Waals surface area contributed by atoms with Crippen molar-refractivity contribution in [2.24, 2.45) is 5.73 Å². The maximum atomic E-state index is 12.1.